The average Bonchev–Trinajstić information content (AvgIpc) is 3.20. The lowest BCUT2D eigenvalue weighted by Gasteiger charge is -2.37. The molecule has 3 fully saturated rings. The van der Waals surface area contributed by atoms with Crippen molar-refractivity contribution < 1.29 is 18.8 Å². The first-order valence-corrected chi connectivity index (χ1v) is 12.7. The highest BCUT2D eigenvalue weighted by Gasteiger charge is 2.46. The van der Waals surface area contributed by atoms with Crippen LogP contribution in [-0.4, -0.2) is 54.2 Å². The fraction of sp³-hybridized carbons (Fsp3) is 0.464. The van der Waals surface area contributed by atoms with Gasteiger partial charge in [-0.05, 0) is 74.3 Å². The average molecular weight is 478 g/mol. The second-order valence-corrected chi connectivity index (χ2v) is 10.0. The van der Waals surface area contributed by atoms with Crippen molar-refractivity contribution in [3.05, 3.63) is 66.0 Å². The zero-order valence-corrected chi connectivity index (χ0v) is 19.9. The van der Waals surface area contributed by atoms with Crippen LogP contribution in [0.4, 0.5) is 10.1 Å². The molecule has 6 nitrogen and oxygen atoms in total. The number of Topliss-reactive ketones (excluding diaryl/α,β-unsaturated/α-hetero) is 1. The summed E-state index contributed by atoms with van der Waals surface area (Å²) in [6.07, 6.45) is 5.20. The van der Waals surface area contributed by atoms with Gasteiger partial charge in [-0.3, -0.25) is 14.4 Å². The Bertz CT molecular complexity index is 1060. The molecule has 5 rings (SSSR count). The van der Waals surface area contributed by atoms with Crippen LogP contribution in [0.25, 0.3) is 0 Å². The fourth-order valence-electron chi connectivity index (χ4n) is 5.86. The highest BCUT2D eigenvalue weighted by molar-refractivity contribution is 6.42. The van der Waals surface area contributed by atoms with Gasteiger partial charge in [-0.15, -0.1) is 0 Å². The van der Waals surface area contributed by atoms with Gasteiger partial charge in [-0.1, -0.05) is 30.3 Å². The number of benzene rings is 2. The third kappa shape index (κ3) is 5.09. The molecule has 184 valence electrons. The zero-order chi connectivity index (χ0) is 24.4. The number of nitrogens with one attached hydrogen (secondary N) is 1. The predicted octanol–water partition coefficient (Wildman–Crippen LogP) is 3.66. The molecule has 1 N–H and O–H groups in total. The summed E-state index contributed by atoms with van der Waals surface area (Å²) in [7, 11) is 0. The third-order valence-electron chi connectivity index (χ3n) is 7.93. The van der Waals surface area contributed by atoms with Crippen molar-refractivity contribution in [3.8, 4) is 0 Å². The van der Waals surface area contributed by atoms with Gasteiger partial charge in [-0.2, -0.15) is 0 Å². The maximum atomic E-state index is 13.2. The largest absolute Gasteiger partial charge is 0.371 e. The Hall–Kier alpha value is -3.22. The van der Waals surface area contributed by atoms with Crippen LogP contribution < -0.4 is 10.2 Å². The number of amides is 2. The van der Waals surface area contributed by atoms with Crippen LogP contribution in [0.3, 0.4) is 0 Å². The normalized spacial score (nSPS) is 25.7. The fourth-order valence-corrected chi connectivity index (χ4v) is 5.86. The highest BCUT2D eigenvalue weighted by atomic mass is 19.1. The third-order valence-corrected chi connectivity index (χ3v) is 7.93. The zero-order valence-electron chi connectivity index (χ0n) is 19.9. The van der Waals surface area contributed by atoms with Crippen LogP contribution in [-0.2, 0) is 14.4 Å². The number of anilines is 1. The van der Waals surface area contributed by atoms with E-state index < -0.39 is 17.6 Å². The van der Waals surface area contributed by atoms with E-state index in [9.17, 15) is 18.8 Å². The summed E-state index contributed by atoms with van der Waals surface area (Å²) in [5.74, 6) is -2.09. The van der Waals surface area contributed by atoms with Crippen molar-refractivity contribution >= 4 is 23.3 Å². The molecule has 1 unspecified atom stereocenters. The van der Waals surface area contributed by atoms with Gasteiger partial charge in [0, 0.05) is 37.4 Å². The van der Waals surface area contributed by atoms with E-state index in [1.807, 2.05) is 6.07 Å². The lowest BCUT2D eigenvalue weighted by atomic mass is 9.81. The number of piperidine rings is 1. The van der Waals surface area contributed by atoms with Crippen molar-refractivity contribution in [2.24, 2.45) is 5.92 Å². The van der Waals surface area contributed by atoms with Crippen LogP contribution in [0.2, 0.25) is 0 Å². The van der Waals surface area contributed by atoms with E-state index in [0.29, 0.717) is 18.8 Å². The molecule has 0 spiro atoms. The van der Waals surface area contributed by atoms with E-state index in [1.165, 1.54) is 17.7 Å². The van der Waals surface area contributed by atoms with Gasteiger partial charge < -0.3 is 15.1 Å². The number of hydrogen-bond acceptors (Lipinski definition) is 4. The van der Waals surface area contributed by atoms with E-state index in [-0.39, 0.29) is 30.4 Å². The van der Waals surface area contributed by atoms with Gasteiger partial charge in [-0.25, -0.2) is 4.39 Å². The summed E-state index contributed by atoms with van der Waals surface area (Å²) in [6, 6.07) is 16.9. The molecular formula is C28H32FN3O3. The minimum atomic E-state index is -0.913. The van der Waals surface area contributed by atoms with Gasteiger partial charge in [0.15, 0.2) is 0 Å². The van der Waals surface area contributed by atoms with E-state index in [1.54, 1.807) is 17.0 Å². The van der Waals surface area contributed by atoms with Crippen LogP contribution in [0.15, 0.2) is 54.6 Å². The van der Waals surface area contributed by atoms with Gasteiger partial charge in [0.25, 0.3) is 5.91 Å². The molecule has 1 atom stereocenters. The van der Waals surface area contributed by atoms with Gasteiger partial charge in [0.05, 0.1) is 0 Å². The molecule has 3 aliphatic rings. The number of nitrogens with zero attached hydrogens (tertiary/aromatic N) is 2. The summed E-state index contributed by atoms with van der Waals surface area (Å²) in [4.78, 5) is 42.2. The molecule has 7 heteroatoms. The maximum Gasteiger partial charge on any atom is 0.291 e. The van der Waals surface area contributed by atoms with Crippen molar-refractivity contribution in [1.29, 1.82) is 0 Å². The summed E-state index contributed by atoms with van der Waals surface area (Å²) in [5.41, 5.74) is 2.29. The smallest absolute Gasteiger partial charge is 0.291 e. The predicted molar refractivity (Wildman–Crippen MR) is 131 cm³/mol. The lowest BCUT2D eigenvalue weighted by Crippen LogP contribution is -2.46. The molecule has 1 saturated carbocycles. The van der Waals surface area contributed by atoms with Gasteiger partial charge in [0.1, 0.15) is 11.7 Å². The minimum absolute atomic E-state index is 0.0535. The van der Waals surface area contributed by atoms with E-state index in [2.05, 4.69) is 34.5 Å². The van der Waals surface area contributed by atoms with Crippen molar-refractivity contribution in [2.45, 2.75) is 56.5 Å². The van der Waals surface area contributed by atoms with Crippen molar-refractivity contribution in [2.75, 3.05) is 24.5 Å². The van der Waals surface area contributed by atoms with Crippen molar-refractivity contribution in [1.82, 2.24) is 10.2 Å². The topological polar surface area (TPSA) is 69.7 Å². The van der Waals surface area contributed by atoms with E-state index in [4.69, 9.17) is 0 Å². The van der Waals surface area contributed by atoms with Crippen LogP contribution in [0.1, 0.15) is 50.0 Å². The Kier molecular flexibility index (Phi) is 6.84. The van der Waals surface area contributed by atoms with Crippen LogP contribution in [0, 0.1) is 11.7 Å². The Labute approximate surface area is 205 Å². The number of likely N-dealkylation sites (tertiary alicyclic amines) is 1. The Morgan fingerprint density at radius 3 is 2.17 bits per heavy atom. The second kappa shape index (κ2) is 10.2. The monoisotopic (exact) mass is 477 g/mol. The first-order chi connectivity index (χ1) is 17.0. The van der Waals surface area contributed by atoms with Crippen molar-refractivity contribution in [3.63, 3.8) is 0 Å². The lowest BCUT2D eigenvalue weighted by molar-refractivity contribution is -0.143. The summed E-state index contributed by atoms with van der Waals surface area (Å²) in [5, 5.41) is 3.06. The molecule has 2 aliphatic heterocycles. The number of carbonyl (C=O) groups excluding carboxylic acids is 3. The molecule has 35 heavy (non-hydrogen) atoms. The number of ketones is 1. The molecule has 0 bridgehead atoms. The van der Waals surface area contributed by atoms with Gasteiger partial charge in [0.2, 0.25) is 11.7 Å². The van der Waals surface area contributed by atoms with Gasteiger partial charge >= 0.3 is 0 Å². The standard InChI is InChI=1S/C28H32FN3O3/c29-21-8-12-23(13-9-21)31-16-14-24(15-17-31)32-18-25(26(33)28(32)35)27(34)30-22-10-6-20(7-11-22)19-4-2-1-3-5-19/h1-5,8-9,12-13,20,22,24-25H,6-7,10-11,14-18H2,(H,30,34). The quantitative estimate of drug-likeness (QED) is 0.527. The molecule has 0 radical (unpaired) electrons. The molecule has 2 heterocycles. The molecule has 2 aromatic rings. The molecular weight excluding hydrogens is 445 g/mol. The maximum absolute atomic E-state index is 13.2. The number of rotatable bonds is 5. The van der Waals surface area contributed by atoms with Crippen LogP contribution >= 0.6 is 0 Å². The molecule has 2 aromatic carbocycles. The number of carbonyl (C=O) groups is 3. The SMILES string of the molecule is O=C(NC1CCC(c2ccccc2)CC1)C1CN(C2CCN(c3ccc(F)cc3)CC2)C(=O)C1=O. The first-order valence-electron chi connectivity index (χ1n) is 12.7. The summed E-state index contributed by atoms with van der Waals surface area (Å²) < 4.78 is 13.2. The number of halogens is 1. The number of hydrogen-bond donors (Lipinski definition) is 1. The molecule has 1 aliphatic carbocycles. The van der Waals surface area contributed by atoms with E-state index >= 15 is 0 Å². The molecule has 2 saturated heterocycles. The Morgan fingerprint density at radius 1 is 0.857 bits per heavy atom. The molecule has 2 amide bonds. The Morgan fingerprint density at radius 2 is 1.51 bits per heavy atom. The van der Waals surface area contributed by atoms with E-state index in [0.717, 1.165) is 44.5 Å². The van der Waals surface area contributed by atoms with Crippen LogP contribution in [0.5, 0.6) is 0 Å². The summed E-state index contributed by atoms with van der Waals surface area (Å²) in [6.45, 7) is 1.61. The first kappa shape index (κ1) is 23.5. The second-order valence-electron chi connectivity index (χ2n) is 10.0. The summed E-state index contributed by atoms with van der Waals surface area (Å²) >= 11 is 0. The molecule has 0 aromatic heterocycles. The Balaban J connectivity index is 1.12. The minimum Gasteiger partial charge on any atom is -0.371 e. The highest BCUT2D eigenvalue weighted by Crippen LogP contribution is 2.33.